The van der Waals surface area contributed by atoms with E-state index in [0.29, 0.717) is 41.9 Å². The van der Waals surface area contributed by atoms with Crippen LogP contribution in [0, 0.1) is 6.92 Å². The lowest BCUT2D eigenvalue weighted by atomic mass is 10.0. The number of hydrogen-bond donors (Lipinski definition) is 2. The van der Waals surface area contributed by atoms with Crippen molar-refractivity contribution in [3.8, 4) is 11.4 Å². The molecule has 0 spiro atoms. The zero-order valence-electron chi connectivity index (χ0n) is 19.2. The third kappa shape index (κ3) is 4.71. The molecule has 180 valence electrons. The summed E-state index contributed by atoms with van der Waals surface area (Å²) in [5.74, 6) is 0.219. The summed E-state index contributed by atoms with van der Waals surface area (Å²) in [6.45, 7) is 7.98. The normalized spacial score (nSPS) is 14.0. The third-order valence-electron chi connectivity index (χ3n) is 5.63. The van der Waals surface area contributed by atoms with Gasteiger partial charge >= 0.3 is 11.8 Å². The van der Waals surface area contributed by atoms with Crippen molar-refractivity contribution in [3.63, 3.8) is 0 Å². The Morgan fingerprint density at radius 2 is 1.97 bits per heavy atom. The van der Waals surface area contributed by atoms with E-state index in [0.717, 1.165) is 11.3 Å². The summed E-state index contributed by atoms with van der Waals surface area (Å²) in [7, 11) is 0. The molecule has 11 heteroatoms. The molecule has 10 nitrogen and oxygen atoms in total. The number of pyridine rings is 1. The summed E-state index contributed by atoms with van der Waals surface area (Å²) in [5, 5.41) is 3.33. The number of aryl methyl sites for hydroxylation is 1. The van der Waals surface area contributed by atoms with Gasteiger partial charge in [-0.15, -0.1) is 0 Å². The highest BCUT2D eigenvalue weighted by molar-refractivity contribution is 9.10. The number of nitrogens with zero attached hydrogens (tertiary/aromatic N) is 3. The van der Waals surface area contributed by atoms with Crippen molar-refractivity contribution < 1.29 is 14.3 Å². The van der Waals surface area contributed by atoms with Gasteiger partial charge in [0.2, 0.25) is 6.79 Å². The number of aromatic nitrogens is 3. The summed E-state index contributed by atoms with van der Waals surface area (Å²) in [6.07, 6.45) is 1.21. The van der Waals surface area contributed by atoms with Crippen LogP contribution in [0.15, 0.2) is 38.5 Å². The number of rotatable bonds is 5. The molecule has 3 heterocycles. The van der Waals surface area contributed by atoms with Crippen molar-refractivity contribution in [1.29, 1.82) is 0 Å². The Morgan fingerprint density at radius 3 is 2.68 bits per heavy atom. The molecule has 1 aliphatic heterocycles. The molecule has 3 aromatic rings. The lowest BCUT2D eigenvalue weighted by molar-refractivity contribution is 0.0335. The number of carbonyl (C=O) groups is 1. The Balaban J connectivity index is 1.76. The number of carbonyl (C=O) groups excluding carboxylic acids is 1. The van der Waals surface area contributed by atoms with Gasteiger partial charge in [0.05, 0.1) is 16.9 Å². The molecule has 0 radical (unpaired) electrons. The molecule has 4 rings (SSSR count). The summed E-state index contributed by atoms with van der Waals surface area (Å²) >= 11 is 3.44. The van der Waals surface area contributed by atoms with Gasteiger partial charge in [0.25, 0.3) is 5.56 Å². The van der Waals surface area contributed by atoms with Crippen LogP contribution in [0.1, 0.15) is 31.0 Å². The number of hydrogen-bond acceptors (Lipinski definition) is 7. The lowest BCUT2D eigenvalue weighted by Gasteiger charge is -2.26. The van der Waals surface area contributed by atoms with E-state index in [4.69, 9.17) is 9.47 Å². The quantitative estimate of drug-likeness (QED) is 0.485. The maximum Gasteiger partial charge on any atom is 0.412 e. The number of fused-ring (bicyclic) bond motifs is 1. The van der Waals surface area contributed by atoms with Crippen molar-refractivity contribution in [3.05, 3.63) is 61.0 Å². The monoisotopic (exact) mass is 531 g/mol. The van der Waals surface area contributed by atoms with Crippen LogP contribution in [0.25, 0.3) is 16.6 Å². The Labute approximate surface area is 204 Å². The molecule has 0 atom stereocenters. The zero-order chi connectivity index (χ0) is 24.4. The van der Waals surface area contributed by atoms with E-state index >= 15 is 0 Å². The number of ether oxygens (including phenoxy) is 2. The molecule has 1 amide bonds. The molecule has 34 heavy (non-hydrogen) atoms. The van der Waals surface area contributed by atoms with Gasteiger partial charge in [0, 0.05) is 36.8 Å². The molecular weight excluding hydrogens is 506 g/mol. The predicted molar refractivity (Wildman–Crippen MR) is 131 cm³/mol. The van der Waals surface area contributed by atoms with Crippen molar-refractivity contribution in [1.82, 2.24) is 24.8 Å². The first kappa shape index (κ1) is 24.0. The molecule has 2 aromatic heterocycles. The number of nitrogens with one attached hydrogen (secondary N) is 2. The lowest BCUT2D eigenvalue weighted by Crippen LogP contribution is -2.46. The average Bonchev–Trinajstić information content (AvgIpc) is 2.79. The van der Waals surface area contributed by atoms with Crippen molar-refractivity contribution in [2.45, 2.75) is 26.7 Å². The molecule has 1 aliphatic rings. The van der Waals surface area contributed by atoms with E-state index in [1.165, 1.54) is 4.57 Å². The van der Waals surface area contributed by atoms with Crippen LogP contribution in [0.4, 0.5) is 4.79 Å². The van der Waals surface area contributed by atoms with Gasteiger partial charge in [-0.25, -0.2) is 9.59 Å². The van der Waals surface area contributed by atoms with Gasteiger partial charge < -0.3 is 19.7 Å². The Hall–Kier alpha value is -3.18. The van der Waals surface area contributed by atoms with E-state index in [1.807, 2.05) is 26.8 Å². The summed E-state index contributed by atoms with van der Waals surface area (Å²) < 4.78 is 13.0. The van der Waals surface area contributed by atoms with Crippen molar-refractivity contribution in [2.75, 3.05) is 33.0 Å². The van der Waals surface area contributed by atoms with Gasteiger partial charge in [0.15, 0.2) is 0 Å². The number of benzene rings is 1. The Bertz CT molecular complexity index is 1340. The second-order valence-electron chi connectivity index (χ2n) is 8.32. The van der Waals surface area contributed by atoms with Gasteiger partial charge in [-0.1, -0.05) is 29.8 Å². The maximum absolute atomic E-state index is 13.0. The van der Waals surface area contributed by atoms with Crippen molar-refractivity contribution in [2.24, 2.45) is 0 Å². The first-order chi connectivity index (χ1) is 16.3. The molecule has 0 unspecified atom stereocenters. The fraction of sp³-hybridized carbons (Fsp3) is 0.391. The van der Waals surface area contributed by atoms with E-state index in [2.05, 4.69) is 31.2 Å². The molecule has 2 N–H and O–H groups in total. The highest BCUT2D eigenvalue weighted by atomic mass is 79.9. The standard InChI is InChI=1S/C23H26BrN5O5/c1-13(2)19-20(14(3)4-5-26-19)29-16-10-15(24)11-17(18(16)21(30)27-22(29)31)33-12-34-23(32)28-8-6-25-7-9-28/h4-5,10-11,13,25H,6-9,12H2,1-3H3,(H,27,30,31). The second-order valence-corrected chi connectivity index (χ2v) is 9.23. The largest absolute Gasteiger partial charge is 0.456 e. The van der Waals surface area contributed by atoms with E-state index in [9.17, 15) is 14.4 Å². The molecule has 0 saturated carbocycles. The fourth-order valence-electron chi connectivity index (χ4n) is 4.00. The van der Waals surface area contributed by atoms with Crippen LogP contribution >= 0.6 is 15.9 Å². The van der Waals surface area contributed by atoms with Gasteiger partial charge in [-0.2, -0.15) is 0 Å². The van der Waals surface area contributed by atoms with Crippen LogP contribution in [-0.2, 0) is 4.74 Å². The number of aromatic amines is 1. The SMILES string of the molecule is Cc1ccnc(C(C)C)c1-n1c(=O)[nH]c(=O)c2c(OCOC(=O)N3CCNCC3)cc(Br)cc21. The smallest absolute Gasteiger partial charge is 0.412 e. The summed E-state index contributed by atoms with van der Waals surface area (Å²) in [4.78, 5) is 46.6. The van der Waals surface area contributed by atoms with Crippen molar-refractivity contribution >= 4 is 32.9 Å². The minimum absolute atomic E-state index is 0.0380. The van der Waals surface area contributed by atoms with Crippen LogP contribution in [0.3, 0.4) is 0 Å². The molecule has 0 aliphatic carbocycles. The van der Waals surface area contributed by atoms with Crippen LogP contribution in [0.5, 0.6) is 5.75 Å². The minimum atomic E-state index is -0.597. The van der Waals surface area contributed by atoms with E-state index in [-0.39, 0.29) is 23.8 Å². The van der Waals surface area contributed by atoms with E-state index < -0.39 is 17.3 Å². The van der Waals surface area contributed by atoms with E-state index in [1.54, 1.807) is 23.2 Å². The fourth-order valence-corrected chi connectivity index (χ4v) is 4.43. The second kappa shape index (κ2) is 9.98. The summed E-state index contributed by atoms with van der Waals surface area (Å²) in [6, 6.07) is 5.10. The maximum atomic E-state index is 13.0. The zero-order valence-corrected chi connectivity index (χ0v) is 20.8. The number of H-pyrrole nitrogens is 1. The average molecular weight is 532 g/mol. The molecule has 0 bridgehead atoms. The highest BCUT2D eigenvalue weighted by Gasteiger charge is 2.21. The first-order valence-electron chi connectivity index (χ1n) is 11.0. The Kier molecular flexibility index (Phi) is 7.03. The Morgan fingerprint density at radius 1 is 1.24 bits per heavy atom. The molecule has 1 saturated heterocycles. The predicted octanol–water partition coefficient (Wildman–Crippen LogP) is 2.65. The molecule has 1 aromatic carbocycles. The van der Waals surface area contributed by atoms with Gasteiger partial charge in [-0.05, 0) is 36.6 Å². The molecular formula is C23H26BrN5O5. The number of halogens is 1. The first-order valence-corrected chi connectivity index (χ1v) is 11.8. The summed E-state index contributed by atoms with van der Waals surface area (Å²) in [5.41, 5.74) is 1.34. The topological polar surface area (TPSA) is 119 Å². The van der Waals surface area contributed by atoms with Gasteiger partial charge in [0.1, 0.15) is 11.1 Å². The van der Waals surface area contributed by atoms with Gasteiger partial charge in [-0.3, -0.25) is 19.3 Å². The number of amides is 1. The van der Waals surface area contributed by atoms with Crippen LogP contribution < -0.4 is 21.3 Å². The van der Waals surface area contributed by atoms with Crippen LogP contribution in [-0.4, -0.2) is 58.5 Å². The highest BCUT2D eigenvalue weighted by Crippen LogP contribution is 2.31. The third-order valence-corrected chi connectivity index (χ3v) is 6.09. The van der Waals surface area contributed by atoms with Crippen LogP contribution in [0.2, 0.25) is 0 Å². The number of piperazine rings is 1. The minimum Gasteiger partial charge on any atom is -0.456 e. The molecule has 1 fully saturated rings.